The van der Waals surface area contributed by atoms with Crippen molar-refractivity contribution in [2.24, 2.45) is 0 Å². The smallest absolute Gasteiger partial charge is 0.252 e. The maximum absolute atomic E-state index is 13.7. The molecule has 20 heavy (non-hydrogen) atoms. The molecule has 100 valence electrons. The predicted octanol–water partition coefficient (Wildman–Crippen LogP) is 2.12. The molecule has 0 atom stereocenters. The first kappa shape index (κ1) is 12.4. The summed E-state index contributed by atoms with van der Waals surface area (Å²) in [5.74, 6) is -1.38. The Hall–Kier alpha value is -2.63. The maximum Gasteiger partial charge on any atom is 0.252 e. The van der Waals surface area contributed by atoms with E-state index in [9.17, 15) is 13.6 Å². The van der Waals surface area contributed by atoms with Crippen molar-refractivity contribution in [3.63, 3.8) is 0 Å². The van der Waals surface area contributed by atoms with Crippen molar-refractivity contribution < 1.29 is 8.78 Å². The van der Waals surface area contributed by atoms with Gasteiger partial charge in [-0.25, -0.2) is 18.7 Å². The zero-order chi connectivity index (χ0) is 14.1. The monoisotopic (exact) mass is 273 g/mol. The summed E-state index contributed by atoms with van der Waals surface area (Å²) in [6.45, 7) is -0.217. The first-order valence-electron chi connectivity index (χ1n) is 5.89. The molecule has 6 heteroatoms. The molecular formula is C14H9F2N3O. The van der Waals surface area contributed by atoms with Crippen LogP contribution in [-0.4, -0.2) is 14.5 Å². The van der Waals surface area contributed by atoms with Crippen molar-refractivity contribution in [2.75, 3.05) is 0 Å². The Balaban J connectivity index is 2.21. The first-order chi connectivity index (χ1) is 9.66. The number of fused-ring (bicyclic) bond motifs is 1. The van der Waals surface area contributed by atoms with E-state index in [2.05, 4.69) is 9.97 Å². The Kier molecular flexibility index (Phi) is 2.98. The Morgan fingerprint density at radius 1 is 1.10 bits per heavy atom. The van der Waals surface area contributed by atoms with Crippen molar-refractivity contribution in [1.82, 2.24) is 14.5 Å². The average molecular weight is 273 g/mol. The highest BCUT2D eigenvalue weighted by atomic mass is 19.1. The van der Waals surface area contributed by atoms with E-state index in [4.69, 9.17) is 0 Å². The second-order valence-corrected chi connectivity index (χ2v) is 4.26. The van der Waals surface area contributed by atoms with Gasteiger partial charge in [0.25, 0.3) is 5.56 Å². The quantitative estimate of drug-likeness (QED) is 0.718. The van der Waals surface area contributed by atoms with E-state index in [-0.39, 0.29) is 17.7 Å². The molecule has 2 heterocycles. The minimum atomic E-state index is -0.692. The highest BCUT2D eigenvalue weighted by Crippen LogP contribution is 2.15. The van der Waals surface area contributed by atoms with Gasteiger partial charge in [0.2, 0.25) is 0 Å². The summed E-state index contributed by atoms with van der Waals surface area (Å²) >= 11 is 0. The molecule has 0 aliphatic rings. The van der Waals surface area contributed by atoms with E-state index in [1.807, 2.05) is 0 Å². The molecule has 3 rings (SSSR count). The van der Waals surface area contributed by atoms with Gasteiger partial charge in [-0.1, -0.05) is 6.07 Å². The van der Waals surface area contributed by atoms with Gasteiger partial charge in [0.1, 0.15) is 23.6 Å². The van der Waals surface area contributed by atoms with Crippen molar-refractivity contribution >= 4 is 11.0 Å². The molecule has 0 bridgehead atoms. The van der Waals surface area contributed by atoms with Crippen LogP contribution in [-0.2, 0) is 6.54 Å². The molecule has 0 N–H and O–H groups in total. The summed E-state index contributed by atoms with van der Waals surface area (Å²) in [5.41, 5.74) is -0.199. The van der Waals surface area contributed by atoms with Crippen molar-refractivity contribution in [1.29, 1.82) is 0 Å². The van der Waals surface area contributed by atoms with E-state index in [0.717, 1.165) is 12.1 Å². The maximum atomic E-state index is 13.7. The van der Waals surface area contributed by atoms with Gasteiger partial charge < -0.3 is 0 Å². The zero-order valence-corrected chi connectivity index (χ0v) is 10.3. The fraction of sp³-hybridized carbons (Fsp3) is 0.0714. The SMILES string of the molecule is O=c1ccc2cncnc2n1Cc1c(F)cccc1F. The number of aromatic nitrogens is 3. The Morgan fingerprint density at radius 3 is 2.60 bits per heavy atom. The van der Waals surface area contributed by atoms with Crippen LogP contribution in [0.25, 0.3) is 11.0 Å². The number of benzene rings is 1. The van der Waals surface area contributed by atoms with Gasteiger partial charge in [-0.05, 0) is 18.2 Å². The van der Waals surface area contributed by atoms with Crippen LogP contribution in [0.4, 0.5) is 8.78 Å². The fourth-order valence-electron chi connectivity index (χ4n) is 2.03. The summed E-state index contributed by atoms with van der Waals surface area (Å²) in [6.07, 6.45) is 2.83. The lowest BCUT2D eigenvalue weighted by molar-refractivity contribution is 0.544. The van der Waals surface area contributed by atoms with Gasteiger partial charge in [-0.2, -0.15) is 0 Å². The van der Waals surface area contributed by atoms with Gasteiger partial charge in [0.15, 0.2) is 0 Å². The Labute approximate surface area is 112 Å². The normalized spacial score (nSPS) is 10.9. The molecule has 0 aliphatic heterocycles. The van der Waals surface area contributed by atoms with Crippen molar-refractivity contribution in [3.8, 4) is 0 Å². The van der Waals surface area contributed by atoms with Gasteiger partial charge >= 0.3 is 0 Å². The predicted molar refractivity (Wildman–Crippen MR) is 69.3 cm³/mol. The molecule has 0 saturated heterocycles. The van der Waals surface area contributed by atoms with E-state index < -0.39 is 11.6 Å². The topological polar surface area (TPSA) is 47.8 Å². The zero-order valence-electron chi connectivity index (χ0n) is 10.3. The van der Waals surface area contributed by atoms with Gasteiger partial charge in [0.05, 0.1) is 6.54 Å². The molecule has 1 aromatic carbocycles. The highest BCUT2D eigenvalue weighted by molar-refractivity contribution is 5.73. The Bertz CT molecular complexity index is 825. The molecule has 0 fully saturated rings. The third kappa shape index (κ3) is 2.05. The lowest BCUT2D eigenvalue weighted by Gasteiger charge is -2.10. The molecule has 0 saturated carbocycles. The van der Waals surface area contributed by atoms with Crippen LogP contribution in [0.3, 0.4) is 0 Å². The van der Waals surface area contributed by atoms with E-state index in [1.165, 1.54) is 29.2 Å². The van der Waals surface area contributed by atoms with Crippen LogP contribution >= 0.6 is 0 Å². The van der Waals surface area contributed by atoms with Crippen LogP contribution < -0.4 is 5.56 Å². The van der Waals surface area contributed by atoms with Crippen LogP contribution in [0.15, 0.2) is 47.7 Å². The highest BCUT2D eigenvalue weighted by Gasteiger charge is 2.12. The minimum absolute atomic E-state index is 0.166. The molecule has 0 amide bonds. The lowest BCUT2D eigenvalue weighted by atomic mass is 10.2. The fourth-order valence-corrected chi connectivity index (χ4v) is 2.03. The molecule has 0 unspecified atom stereocenters. The van der Waals surface area contributed by atoms with Crippen molar-refractivity contribution in [3.05, 3.63) is 70.4 Å². The molecule has 0 radical (unpaired) electrons. The second kappa shape index (κ2) is 4.80. The molecular weight excluding hydrogens is 264 g/mol. The molecule has 4 nitrogen and oxygen atoms in total. The summed E-state index contributed by atoms with van der Waals surface area (Å²) in [5, 5.41) is 0.629. The van der Waals surface area contributed by atoms with E-state index in [0.29, 0.717) is 11.0 Å². The number of nitrogens with zero attached hydrogens (tertiary/aromatic N) is 3. The van der Waals surface area contributed by atoms with Crippen LogP contribution in [0.1, 0.15) is 5.56 Å². The third-order valence-electron chi connectivity index (χ3n) is 3.02. The second-order valence-electron chi connectivity index (χ2n) is 4.26. The largest absolute Gasteiger partial charge is 0.288 e. The third-order valence-corrected chi connectivity index (χ3v) is 3.02. The molecule has 3 aromatic rings. The summed E-state index contributed by atoms with van der Waals surface area (Å²) in [4.78, 5) is 19.8. The number of pyridine rings is 1. The summed E-state index contributed by atoms with van der Waals surface area (Å²) in [7, 11) is 0. The summed E-state index contributed by atoms with van der Waals surface area (Å²) in [6, 6.07) is 6.49. The Morgan fingerprint density at radius 2 is 1.85 bits per heavy atom. The van der Waals surface area contributed by atoms with E-state index >= 15 is 0 Å². The number of hydrogen-bond donors (Lipinski definition) is 0. The van der Waals surface area contributed by atoms with Gasteiger partial charge in [-0.3, -0.25) is 9.36 Å². The van der Waals surface area contributed by atoms with E-state index in [1.54, 1.807) is 6.07 Å². The molecule has 0 aliphatic carbocycles. The first-order valence-corrected chi connectivity index (χ1v) is 5.89. The average Bonchev–Trinajstić information content (AvgIpc) is 2.45. The minimum Gasteiger partial charge on any atom is -0.288 e. The molecule has 0 spiro atoms. The van der Waals surface area contributed by atoms with Crippen LogP contribution in [0, 0.1) is 11.6 Å². The van der Waals surface area contributed by atoms with Gasteiger partial charge in [0, 0.05) is 23.2 Å². The number of hydrogen-bond acceptors (Lipinski definition) is 3. The number of rotatable bonds is 2. The lowest BCUT2D eigenvalue weighted by Crippen LogP contribution is -2.21. The van der Waals surface area contributed by atoms with Crippen molar-refractivity contribution in [2.45, 2.75) is 6.54 Å². The van der Waals surface area contributed by atoms with Crippen LogP contribution in [0.2, 0.25) is 0 Å². The molecule has 2 aromatic heterocycles. The van der Waals surface area contributed by atoms with Gasteiger partial charge in [-0.15, -0.1) is 0 Å². The standard InChI is InChI=1S/C14H9F2N3O/c15-11-2-1-3-12(16)10(11)7-19-13(20)5-4-9-6-17-8-18-14(9)19/h1-6,8H,7H2. The summed E-state index contributed by atoms with van der Waals surface area (Å²) < 4.78 is 28.6. The van der Waals surface area contributed by atoms with Crippen LogP contribution in [0.5, 0.6) is 0 Å². The number of halogens is 2.